The molecule has 0 bridgehead atoms. The number of fused-ring (bicyclic) bond motifs is 6. The van der Waals surface area contributed by atoms with Gasteiger partial charge in [0.05, 0.1) is 37.6 Å². The molecule has 0 radical (unpaired) electrons. The van der Waals surface area contributed by atoms with Gasteiger partial charge in [-0.1, -0.05) is 129 Å². The van der Waals surface area contributed by atoms with Crippen molar-refractivity contribution < 1.29 is 121 Å². The number of carboxylic acid groups (broad SMARTS) is 2. The Labute approximate surface area is 649 Å². The van der Waals surface area contributed by atoms with Gasteiger partial charge >= 0.3 is 53.6 Å². The Bertz CT molecular complexity index is 3920. The maximum absolute atomic E-state index is 14.1. The third-order valence-electron chi connectivity index (χ3n) is 18.9. The third kappa shape index (κ3) is 23.2. The number of carbonyl (C=O) groups is 9. The maximum atomic E-state index is 14.1. The van der Waals surface area contributed by atoms with Crippen molar-refractivity contribution in [1.82, 2.24) is 25.8 Å². The minimum Gasteiger partial charge on any atom is -0.662 e. The van der Waals surface area contributed by atoms with Crippen LogP contribution in [0.5, 0.6) is 11.5 Å². The van der Waals surface area contributed by atoms with E-state index in [1.165, 1.54) is 52.8 Å². The predicted molar refractivity (Wildman–Crippen MR) is 396 cm³/mol. The van der Waals surface area contributed by atoms with Gasteiger partial charge in [-0.2, -0.15) is 0 Å². The van der Waals surface area contributed by atoms with Crippen LogP contribution in [0.3, 0.4) is 0 Å². The fourth-order valence-corrected chi connectivity index (χ4v) is 13.7. The van der Waals surface area contributed by atoms with Gasteiger partial charge in [0.2, 0.25) is 23.6 Å². The fraction of sp³-hybridized carbons (Fsp3) is 0.444. The average Bonchev–Trinajstić information content (AvgIpc) is 1.62. The Hall–Kier alpha value is -9.21. The Morgan fingerprint density at radius 3 is 1.22 bits per heavy atom. The molecule has 25 nitrogen and oxygen atoms in total. The van der Waals surface area contributed by atoms with E-state index in [9.17, 15) is 48.6 Å². The molecule has 0 saturated carbocycles. The molecule has 2 aliphatic heterocycles. The van der Waals surface area contributed by atoms with Crippen molar-refractivity contribution in [3.05, 3.63) is 179 Å². The van der Waals surface area contributed by atoms with Crippen molar-refractivity contribution in [3.63, 3.8) is 0 Å². The summed E-state index contributed by atoms with van der Waals surface area (Å²) < 4.78 is 33.3. The number of nitrogens with two attached hydrogens (primary N) is 1. The van der Waals surface area contributed by atoms with Gasteiger partial charge in [-0.05, 0) is 175 Å². The molecule has 5 amide bonds. The van der Waals surface area contributed by atoms with E-state index in [-0.39, 0.29) is 87.3 Å². The van der Waals surface area contributed by atoms with Crippen LogP contribution in [0.2, 0.25) is 0 Å². The van der Waals surface area contributed by atoms with E-state index in [0.29, 0.717) is 50.3 Å². The number of methoxy groups -OCH3 is 2. The van der Waals surface area contributed by atoms with Crippen LogP contribution in [0.4, 0.5) is 4.79 Å². The van der Waals surface area contributed by atoms with Crippen molar-refractivity contribution in [2.24, 2.45) is 5.73 Å². The first-order valence-electron chi connectivity index (χ1n) is 34.9. The number of amides is 5. The SMILES string of the molecule is C.CC(=O)OCC1c2ccccc2-c2ccccc21.COc1ccc(C[C@H](NC(=O)[C@@H](N)[C@@H](C)OC(C)(C)C)C(=O)N2CCC[C@@]2(C)C(=O)O)cc1.COc1ccc(C[C@H](NC(=O)[C@@H](NC(=O)OCC2c3ccccc3-c3ccccc32)[C@@H](C)OC(C)(C)C)C(=O)N2CCC[C@@]2(C)C(=O)O)cc1.O=CO[O-].[Na+]. The van der Waals surface area contributed by atoms with E-state index in [4.69, 9.17) is 44.2 Å². The second-order valence-electron chi connectivity index (χ2n) is 28.6. The summed E-state index contributed by atoms with van der Waals surface area (Å²) in [6.45, 7) is 19.8. The Kier molecular flexibility index (Phi) is 32.7. The van der Waals surface area contributed by atoms with Crippen LogP contribution >= 0.6 is 0 Å². The molecule has 6 aromatic rings. The van der Waals surface area contributed by atoms with Crippen molar-refractivity contribution in [2.45, 2.75) is 193 Å². The summed E-state index contributed by atoms with van der Waals surface area (Å²) in [7, 11) is 3.11. The molecule has 7 N–H and O–H groups in total. The molecule has 2 saturated heterocycles. The van der Waals surface area contributed by atoms with Crippen LogP contribution in [-0.2, 0) is 75.0 Å². The number of likely N-dealkylation sites (tertiary alicyclic amines) is 2. The van der Waals surface area contributed by atoms with Crippen LogP contribution in [0.15, 0.2) is 146 Å². The summed E-state index contributed by atoms with van der Waals surface area (Å²) >= 11 is 0. The number of nitrogens with one attached hydrogen (secondary N) is 3. The normalized spacial score (nSPS) is 17.7. The molecule has 0 unspecified atom stereocenters. The van der Waals surface area contributed by atoms with Gasteiger partial charge in [0, 0.05) is 44.7 Å². The fourth-order valence-electron chi connectivity index (χ4n) is 13.7. The van der Waals surface area contributed by atoms with Crippen LogP contribution in [0, 0.1) is 0 Å². The molecule has 0 aromatic heterocycles. The van der Waals surface area contributed by atoms with Gasteiger partial charge in [-0.15, -0.1) is 0 Å². The monoisotopic (exact) mass is 1490 g/mol. The number of benzene rings is 6. The second kappa shape index (κ2) is 39.6. The van der Waals surface area contributed by atoms with Crippen LogP contribution < -0.4 is 66.0 Å². The molecule has 2 fully saturated rings. The standard InChI is InChI=1S/C39H47N3O8.C24H37N3O6.C16H14O2.CH2O3.CH4.Na/c1-24(50-38(2,3)4)33(41-37(47)49-23-31-29-14-9-7-12-27(29)28-13-8-10-15-30(28)31)34(43)40-32(22-25-16-18-26(48-6)19-17-25)35(44)42-21-11-20-39(42,5)36(45)46;1-15(33-23(2,3)4)19(25)20(28)26-18(14-16-8-10-17(32-6)11-9-16)21(29)27-13-7-12-24(27,5)22(30)31;1-11(17)18-10-16-14-8-4-2-6-12(14)13-7-3-5-9-15(13)16;2-1-4-3;;/h7-10,12-19,24,31-33H,11,20-23H2,1-6H3,(H,40,43)(H,41,47)(H,45,46);8-11,15,18-19H,7,12-14,25H2,1-6H3,(H,26,28)(H,30,31);2-9,16H,10H2,1H3;1,3H;1H4;/q;;;;;+1/p-1/t24-,32+,33+,39+;15-,18+,19+,24+;;;;/m11..../s1. The molecule has 4 aliphatic rings. The van der Waals surface area contributed by atoms with Gasteiger partial charge in [0.1, 0.15) is 60.0 Å². The van der Waals surface area contributed by atoms with E-state index < -0.39 is 100 Å². The molecular weight excluding hydrogens is 1380 g/mol. The maximum Gasteiger partial charge on any atom is 1.00 e. The zero-order chi connectivity index (χ0) is 77.1. The number of nitrogens with zero attached hydrogens (tertiary/aromatic N) is 2. The molecule has 0 spiro atoms. The molecule has 2 heterocycles. The van der Waals surface area contributed by atoms with Gasteiger partial charge in [-0.3, -0.25) is 28.8 Å². The number of alkyl carbamates (subject to hydrolysis) is 1. The minimum atomic E-state index is -1.42. The Morgan fingerprint density at radius 1 is 0.561 bits per heavy atom. The second-order valence-corrected chi connectivity index (χ2v) is 28.6. The first kappa shape index (κ1) is 88.4. The number of aliphatic carboxylic acids is 2. The van der Waals surface area contributed by atoms with Crippen LogP contribution in [0.25, 0.3) is 22.3 Å². The van der Waals surface area contributed by atoms with E-state index >= 15 is 0 Å². The first-order chi connectivity index (χ1) is 49.7. The molecule has 2 aliphatic carbocycles. The number of carboxylic acids is 2. The predicted octanol–water partition coefficient (Wildman–Crippen LogP) is 6.46. The number of hydrogen-bond donors (Lipinski definition) is 6. The van der Waals surface area contributed by atoms with Crippen molar-refractivity contribution >= 4 is 54.1 Å². The number of rotatable bonds is 24. The molecule has 26 heteroatoms. The third-order valence-corrected chi connectivity index (χ3v) is 18.9. The topological polar surface area (TPSA) is 350 Å². The molecular formula is C81H103N6NaO19. The summed E-state index contributed by atoms with van der Waals surface area (Å²) in [4.78, 5) is 117. The quantitative estimate of drug-likeness (QED) is 0.0124. The van der Waals surface area contributed by atoms with Gasteiger partial charge < -0.3 is 80.3 Å². The smallest absolute Gasteiger partial charge is 0.662 e. The number of ether oxygens (including phenoxy) is 6. The first-order valence-corrected chi connectivity index (χ1v) is 34.9. The number of esters is 1. The summed E-state index contributed by atoms with van der Waals surface area (Å²) in [5.41, 5.74) is 13.0. The van der Waals surface area contributed by atoms with Crippen molar-refractivity contribution in [2.75, 3.05) is 40.5 Å². The Balaban J connectivity index is 0.000000307. The summed E-state index contributed by atoms with van der Waals surface area (Å²) in [6.07, 6.45) is -0.232. The number of carbonyl (C=O) groups excluding carboxylic acids is 7. The molecule has 6 aromatic carbocycles. The van der Waals surface area contributed by atoms with E-state index in [2.05, 4.69) is 45.1 Å². The van der Waals surface area contributed by atoms with Gasteiger partial charge in [-0.25, -0.2) is 14.4 Å². The van der Waals surface area contributed by atoms with E-state index in [1.807, 2.05) is 114 Å². The number of hydrogen-bond acceptors (Lipinski definition) is 18. The zero-order valence-electron chi connectivity index (χ0n) is 62.9. The summed E-state index contributed by atoms with van der Waals surface area (Å²) in [5, 5.41) is 36.5. The average molecular weight is 1490 g/mol. The van der Waals surface area contributed by atoms with E-state index in [1.54, 1.807) is 76.6 Å². The molecule has 10 rings (SSSR count). The summed E-state index contributed by atoms with van der Waals surface area (Å²) in [6, 6.07) is 42.5. The Morgan fingerprint density at radius 2 is 0.897 bits per heavy atom. The van der Waals surface area contributed by atoms with Gasteiger partial charge in [0.15, 0.2) is 0 Å². The van der Waals surface area contributed by atoms with Crippen molar-refractivity contribution in [3.8, 4) is 33.8 Å². The van der Waals surface area contributed by atoms with Crippen LogP contribution in [-0.4, -0.2) is 173 Å². The molecule has 8 atom stereocenters. The zero-order valence-corrected chi connectivity index (χ0v) is 64.9. The minimum absolute atomic E-state index is 0. The van der Waals surface area contributed by atoms with E-state index in [0.717, 1.165) is 33.4 Å². The van der Waals surface area contributed by atoms with Crippen LogP contribution in [0.1, 0.15) is 154 Å². The summed E-state index contributed by atoms with van der Waals surface area (Å²) in [5.74, 6) is -3.30. The molecule has 107 heavy (non-hydrogen) atoms. The molecule has 572 valence electrons. The largest absolute Gasteiger partial charge is 1.00 e. The van der Waals surface area contributed by atoms with Gasteiger partial charge in [0.25, 0.3) is 6.47 Å². The van der Waals surface area contributed by atoms with Crippen molar-refractivity contribution in [1.29, 1.82) is 0 Å².